The van der Waals surface area contributed by atoms with E-state index < -0.39 is 0 Å². The Balaban J connectivity index is 1.28. The fraction of sp³-hybridized carbons (Fsp3) is 0.136. The minimum absolute atomic E-state index is 0.0651. The first-order valence-electron chi connectivity index (χ1n) is 9.17. The summed E-state index contributed by atoms with van der Waals surface area (Å²) in [6, 6.07) is 21.1. The molecule has 1 amide bonds. The maximum atomic E-state index is 12.0. The van der Waals surface area contributed by atoms with Gasteiger partial charge in [-0.3, -0.25) is 4.79 Å². The molecular weight excluding hydrogens is 386 g/mol. The molecule has 29 heavy (non-hydrogen) atoms. The number of hydrogen-bond acceptors (Lipinski definition) is 6. The van der Waals surface area contributed by atoms with Crippen molar-refractivity contribution in [2.75, 3.05) is 0 Å². The summed E-state index contributed by atoms with van der Waals surface area (Å²) in [5.74, 6) is 2.06. The minimum Gasteiger partial charge on any atom is -0.467 e. The highest BCUT2D eigenvalue weighted by Gasteiger charge is 2.08. The molecule has 0 aliphatic heterocycles. The van der Waals surface area contributed by atoms with Gasteiger partial charge in [-0.1, -0.05) is 42.5 Å². The van der Waals surface area contributed by atoms with E-state index in [0.29, 0.717) is 30.3 Å². The number of benzene rings is 2. The molecule has 0 unspecified atom stereocenters. The third-order valence-corrected chi connectivity index (χ3v) is 4.82. The summed E-state index contributed by atoms with van der Waals surface area (Å²) in [4.78, 5) is 16.5. The monoisotopic (exact) mass is 405 g/mol. The van der Waals surface area contributed by atoms with Gasteiger partial charge in [0.2, 0.25) is 5.91 Å². The van der Waals surface area contributed by atoms with Crippen molar-refractivity contribution in [2.24, 2.45) is 0 Å². The highest BCUT2D eigenvalue weighted by Crippen LogP contribution is 2.24. The van der Waals surface area contributed by atoms with Crippen LogP contribution in [-0.4, -0.2) is 15.3 Å². The second-order valence-corrected chi connectivity index (χ2v) is 7.13. The van der Waals surface area contributed by atoms with Gasteiger partial charge in [0.05, 0.1) is 19.2 Å². The Hall–Kier alpha value is -3.45. The zero-order valence-electron chi connectivity index (χ0n) is 15.6. The second-order valence-electron chi connectivity index (χ2n) is 6.42. The summed E-state index contributed by atoms with van der Waals surface area (Å²) in [7, 11) is 0. The predicted octanol–water partition coefficient (Wildman–Crippen LogP) is 4.37. The second kappa shape index (κ2) is 9.16. The lowest BCUT2D eigenvalue weighted by Gasteiger charge is -2.05. The van der Waals surface area contributed by atoms with E-state index in [1.165, 1.54) is 11.5 Å². The number of carbonyl (C=O) groups is 1. The number of aromatic nitrogens is 2. The Morgan fingerprint density at radius 3 is 2.59 bits per heavy atom. The molecule has 0 atom stereocenters. The summed E-state index contributed by atoms with van der Waals surface area (Å²) >= 11 is 1.23. The molecular formula is C22H19N3O3S. The van der Waals surface area contributed by atoms with E-state index in [0.717, 1.165) is 22.7 Å². The predicted molar refractivity (Wildman–Crippen MR) is 110 cm³/mol. The average molecular weight is 405 g/mol. The van der Waals surface area contributed by atoms with E-state index in [2.05, 4.69) is 14.7 Å². The fourth-order valence-electron chi connectivity index (χ4n) is 2.75. The molecule has 0 saturated heterocycles. The van der Waals surface area contributed by atoms with Crippen molar-refractivity contribution in [3.05, 3.63) is 95.7 Å². The number of rotatable bonds is 8. The molecule has 0 bridgehead atoms. The molecule has 7 heteroatoms. The summed E-state index contributed by atoms with van der Waals surface area (Å²) in [6.07, 6.45) is 2.55. The van der Waals surface area contributed by atoms with Crippen LogP contribution in [0, 0.1) is 0 Å². The molecule has 146 valence electrons. The third kappa shape index (κ3) is 5.52. The van der Waals surface area contributed by atoms with E-state index in [9.17, 15) is 4.79 Å². The molecule has 1 N–H and O–H groups in total. The van der Waals surface area contributed by atoms with Gasteiger partial charge in [0.25, 0.3) is 5.19 Å². The molecule has 2 heterocycles. The zero-order valence-corrected chi connectivity index (χ0v) is 16.4. The van der Waals surface area contributed by atoms with Gasteiger partial charge < -0.3 is 14.5 Å². The van der Waals surface area contributed by atoms with Crippen molar-refractivity contribution >= 4 is 17.4 Å². The number of amides is 1. The van der Waals surface area contributed by atoms with E-state index in [4.69, 9.17) is 9.15 Å². The van der Waals surface area contributed by atoms with Crippen molar-refractivity contribution in [3.8, 4) is 10.9 Å². The number of furan rings is 1. The number of nitrogens with one attached hydrogen (secondary N) is 1. The van der Waals surface area contributed by atoms with Gasteiger partial charge in [0.15, 0.2) is 5.82 Å². The zero-order chi connectivity index (χ0) is 19.9. The Morgan fingerprint density at radius 2 is 1.83 bits per heavy atom. The molecule has 0 spiro atoms. The van der Waals surface area contributed by atoms with E-state index in [1.54, 1.807) is 12.3 Å². The minimum atomic E-state index is -0.0651. The van der Waals surface area contributed by atoms with Crippen LogP contribution >= 0.6 is 11.5 Å². The standard InChI is InChI=1S/C22H19N3O3S/c26-21(23-15-19-7-4-12-27-19)14-17-8-10-18(11-9-17)28-22-24-20(25-29-22)13-16-5-2-1-3-6-16/h1-12H,13-15H2,(H,23,26). The normalized spacial score (nSPS) is 10.6. The topological polar surface area (TPSA) is 77.2 Å². The third-order valence-electron chi connectivity index (χ3n) is 4.19. The Labute approximate surface area is 172 Å². The Kier molecular flexibility index (Phi) is 5.97. The lowest BCUT2D eigenvalue weighted by atomic mass is 10.1. The molecule has 2 aromatic heterocycles. The maximum absolute atomic E-state index is 12.0. The summed E-state index contributed by atoms with van der Waals surface area (Å²) in [5, 5.41) is 3.33. The van der Waals surface area contributed by atoms with E-state index >= 15 is 0 Å². The molecule has 0 aliphatic rings. The molecule has 0 fully saturated rings. The Morgan fingerprint density at radius 1 is 1.00 bits per heavy atom. The smallest absolute Gasteiger partial charge is 0.298 e. The fourth-order valence-corrected chi connectivity index (χ4v) is 3.32. The lowest BCUT2D eigenvalue weighted by Crippen LogP contribution is -2.24. The van der Waals surface area contributed by atoms with Gasteiger partial charge in [-0.15, -0.1) is 0 Å². The van der Waals surface area contributed by atoms with Crippen molar-refractivity contribution in [3.63, 3.8) is 0 Å². The summed E-state index contributed by atoms with van der Waals surface area (Å²) in [5.41, 5.74) is 2.06. The first kappa shape index (κ1) is 18.9. The van der Waals surface area contributed by atoms with Crippen molar-refractivity contribution in [1.29, 1.82) is 0 Å². The van der Waals surface area contributed by atoms with E-state index in [-0.39, 0.29) is 5.91 Å². The molecule has 2 aromatic carbocycles. The van der Waals surface area contributed by atoms with Crippen LogP contribution in [0.5, 0.6) is 10.9 Å². The van der Waals surface area contributed by atoms with Gasteiger partial charge in [0, 0.05) is 18.0 Å². The number of carbonyl (C=O) groups excluding carboxylic acids is 1. The van der Waals surface area contributed by atoms with Gasteiger partial charge >= 0.3 is 0 Å². The van der Waals surface area contributed by atoms with Crippen LogP contribution in [0.2, 0.25) is 0 Å². The first-order valence-corrected chi connectivity index (χ1v) is 9.94. The quantitative estimate of drug-likeness (QED) is 0.471. The maximum Gasteiger partial charge on any atom is 0.298 e. The number of ether oxygens (including phenoxy) is 1. The molecule has 0 radical (unpaired) electrons. The first-order chi connectivity index (χ1) is 14.2. The van der Waals surface area contributed by atoms with Crippen LogP contribution in [0.3, 0.4) is 0 Å². The largest absolute Gasteiger partial charge is 0.467 e. The van der Waals surface area contributed by atoms with Crippen molar-refractivity contribution in [2.45, 2.75) is 19.4 Å². The molecule has 0 saturated carbocycles. The lowest BCUT2D eigenvalue weighted by molar-refractivity contribution is -0.120. The molecule has 4 rings (SSSR count). The molecule has 6 nitrogen and oxygen atoms in total. The van der Waals surface area contributed by atoms with Crippen LogP contribution in [0.4, 0.5) is 0 Å². The van der Waals surface area contributed by atoms with Crippen LogP contribution in [-0.2, 0) is 24.2 Å². The van der Waals surface area contributed by atoms with Crippen molar-refractivity contribution < 1.29 is 13.9 Å². The summed E-state index contributed by atoms with van der Waals surface area (Å²) < 4.78 is 15.3. The van der Waals surface area contributed by atoms with Gasteiger partial charge in [-0.25, -0.2) is 0 Å². The van der Waals surface area contributed by atoms with Crippen molar-refractivity contribution in [1.82, 2.24) is 14.7 Å². The van der Waals surface area contributed by atoms with E-state index in [1.807, 2.05) is 60.7 Å². The van der Waals surface area contributed by atoms with Crippen LogP contribution in [0.25, 0.3) is 0 Å². The molecule has 4 aromatic rings. The average Bonchev–Trinajstić information content (AvgIpc) is 3.41. The van der Waals surface area contributed by atoms with Crippen LogP contribution < -0.4 is 10.1 Å². The Bertz CT molecular complexity index is 1040. The van der Waals surface area contributed by atoms with Crippen LogP contribution in [0.15, 0.2) is 77.4 Å². The SMILES string of the molecule is O=C(Cc1ccc(Oc2nc(Cc3ccccc3)ns2)cc1)NCc1ccco1. The van der Waals surface area contributed by atoms with Gasteiger partial charge in [0.1, 0.15) is 11.5 Å². The van der Waals surface area contributed by atoms with Gasteiger partial charge in [-0.05, 0) is 35.4 Å². The highest BCUT2D eigenvalue weighted by molar-refractivity contribution is 7.07. The van der Waals surface area contributed by atoms with Gasteiger partial charge in [-0.2, -0.15) is 9.36 Å². The molecule has 0 aliphatic carbocycles. The summed E-state index contributed by atoms with van der Waals surface area (Å²) in [6.45, 7) is 0.384. The highest BCUT2D eigenvalue weighted by atomic mass is 32.1. The van der Waals surface area contributed by atoms with Crippen LogP contribution in [0.1, 0.15) is 22.7 Å². The number of hydrogen-bond donors (Lipinski definition) is 1. The number of nitrogens with zero attached hydrogens (tertiary/aromatic N) is 2.